The first-order chi connectivity index (χ1) is 15.3. The molecule has 0 unspecified atom stereocenters. The van der Waals surface area contributed by atoms with E-state index in [1.165, 1.54) is 16.4 Å². The molecule has 1 heterocycles. The maximum atomic E-state index is 13.1. The van der Waals surface area contributed by atoms with E-state index in [1.54, 1.807) is 37.4 Å². The number of carbonyl (C=O) groups is 1. The lowest BCUT2D eigenvalue weighted by Crippen LogP contribution is -2.29. The second kappa shape index (κ2) is 8.84. The molecule has 0 aromatic heterocycles. The predicted octanol–water partition coefficient (Wildman–Crippen LogP) is 4.59. The standard InChI is InChI=1S/C24H23ClN2O4S/c1-16(17-3-8-21(31-2)9-4-17)26-24(28)19-5-12-23-18(15-19)13-14-27(23)32(29,30)22-10-6-20(25)7-11-22/h3-12,15-16H,13-14H2,1-2H3,(H,26,28)/t16-/m1/s1. The maximum Gasteiger partial charge on any atom is 0.264 e. The Balaban J connectivity index is 1.51. The third kappa shape index (κ3) is 4.31. The largest absolute Gasteiger partial charge is 0.497 e. The number of nitrogens with zero attached hydrogens (tertiary/aromatic N) is 1. The molecule has 3 aromatic rings. The summed E-state index contributed by atoms with van der Waals surface area (Å²) in [6.45, 7) is 2.24. The van der Waals surface area contributed by atoms with Crippen molar-refractivity contribution in [3.63, 3.8) is 0 Å². The Hall–Kier alpha value is -3.03. The Morgan fingerprint density at radius 2 is 1.75 bits per heavy atom. The number of amides is 1. The second-order valence-corrected chi connectivity index (χ2v) is 9.89. The van der Waals surface area contributed by atoms with Gasteiger partial charge < -0.3 is 10.1 Å². The second-order valence-electron chi connectivity index (χ2n) is 7.59. The van der Waals surface area contributed by atoms with Gasteiger partial charge in [-0.15, -0.1) is 0 Å². The van der Waals surface area contributed by atoms with Crippen molar-refractivity contribution in [2.24, 2.45) is 0 Å². The summed E-state index contributed by atoms with van der Waals surface area (Å²) in [4.78, 5) is 13.0. The lowest BCUT2D eigenvalue weighted by Gasteiger charge is -2.20. The lowest BCUT2D eigenvalue weighted by atomic mass is 10.1. The van der Waals surface area contributed by atoms with Crippen LogP contribution < -0.4 is 14.4 Å². The highest BCUT2D eigenvalue weighted by Gasteiger charge is 2.31. The molecule has 1 N–H and O–H groups in total. The molecule has 0 saturated heterocycles. The maximum absolute atomic E-state index is 13.1. The third-order valence-electron chi connectivity index (χ3n) is 5.56. The molecule has 0 spiro atoms. The zero-order valence-corrected chi connectivity index (χ0v) is 19.3. The molecular weight excluding hydrogens is 448 g/mol. The minimum absolute atomic E-state index is 0.185. The van der Waals surface area contributed by atoms with Crippen molar-refractivity contribution in [2.45, 2.75) is 24.3 Å². The first-order valence-electron chi connectivity index (χ1n) is 10.2. The summed E-state index contributed by atoms with van der Waals surface area (Å²) in [6, 6.07) is 18.6. The van der Waals surface area contributed by atoms with Crippen molar-refractivity contribution in [1.82, 2.24) is 5.32 Å². The van der Waals surface area contributed by atoms with E-state index in [0.717, 1.165) is 16.9 Å². The molecule has 0 radical (unpaired) electrons. The number of ether oxygens (including phenoxy) is 1. The number of nitrogens with one attached hydrogen (secondary N) is 1. The van der Waals surface area contributed by atoms with Gasteiger partial charge in [-0.1, -0.05) is 23.7 Å². The highest BCUT2D eigenvalue weighted by Crippen LogP contribution is 2.34. The fourth-order valence-corrected chi connectivity index (χ4v) is 5.38. The van der Waals surface area contributed by atoms with E-state index in [1.807, 2.05) is 31.2 Å². The van der Waals surface area contributed by atoms with Gasteiger partial charge in [0, 0.05) is 17.1 Å². The van der Waals surface area contributed by atoms with Crippen LogP contribution in [0.2, 0.25) is 5.02 Å². The fourth-order valence-electron chi connectivity index (χ4n) is 3.75. The smallest absolute Gasteiger partial charge is 0.264 e. The van der Waals surface area contributed by atoms with E-state index < -0.39 is 10.0 Å². The molecule has 1 amide bonds. The fraction of sp³-hybridized carbons (Fsp3) is 0.208. The molecule has 1 aliphatic heterocycles. The summed E-state index contributed by atoms with van der Waals surface area (Å²) in [5, 5.41) is 3.47. The normalized spacial score (nSPS) is 14.0. The number of methoxy groups -OCH3 is 1. The number of hydrogen-bond acceptors (Lipinski definition) is 4. The summed E-state index contributed by atoms with van der Waals surface area (Å²) >= 11 is 5.89. The van der Waals surface area contributed by atoms with Gasteiger partial charge in [-0.05, 0) is 79.1 Å². The molecule has 0 fully saturated rings. The predicted molar refractivity (Wildman–Crippen MR) is 125 cm³/mol. The Morgan fingerprint density at radius 3 is 2.41 bits per heavy atom. The SMILES string of the molecule is COc1ccc([C@@H](C)NC(=O)c2ccc3c(c2)CCN3S(=O)(=O)c2ccc(Cl)cc2)cc1. The van der Waals surface area contributed by atoms with Crippen LogP contribution in [-0.2, 0) is 16.4 Å². The Bertz CT molecular complexity index is 1240. The van der Waals surface area contributed by atoms with Crippen molar-refractivity contribution in [3.8, 4) is 5.75 Å². The van der Waals surface area contributed by atoms with Gasteiger partial charge in [0.05, 0.1) is 23.7 Å². The zero-order valence-electron chi connectivity index (χ0n) is 17.7. The van der Waals surface area contributed by atoms with E-state index in [2.05, 4.69) is 5.32 Å². The lowest BCUT2D eigenvalue weighted by molar-refractivity contribution is 0.0940. The van der Waals surface area contributed by atoms with Crippen LogP contribution in [0.25, 0.3) is 0 Å². The van der Waals surface area contributed by atoms with Crippen LogP contribution in [0.15, 0.2) is 71.6 Å². The average Bonchev–Trinajstić information content (AvgIpc) is 3.23. The van der Waals surface area contributed by atoms with Crippen LogP contribution in [0.4, 0.5) is 5.69 Å². The van der Waals surface area contributed by atoms with Gasteiger partial charge in [0.1, 0.15) is 5.75 Å². The first-order valence-corrected chi connectivity index (χ1v) is 12.0. The van der Waals surface area contributed by atoms with Crippen molar-refractivity contribution >= 4 is 33.2 Å². The molecule has 4 rings (SSSR count). The van der Waals surface area contributed by atoms with Crippen LogP contribution >= 0.6 is 11.6 Å². The summed E-state index contributed by atoms with van der Waals surface area (Å²) in [5.41, 5.74) is 2.88. The third-order valence-corrected chi connectivity index (χ3v) is 7.64. The van der Waals surface area contributed by atoms with Crippen LogP contribution in [0.3, 0.4) is 0 Å². The number of sulfonamides is 1. The topological polar surface area (TPSA) is 75.7 Å². The van der Waals surface area contributed by atoms with Crippen LogP contribution in [0.1, 0.15) is 34.5 Å². The molecule has 8 heteroatoms. The number of halogens is 1. The molecule has 166 valence electrons. The molecule has 6 nitrogen and oxygen atoms in total. The Morgan fingerprint density at radius 1 is 1.06 bits per heavy atom. The number of benzene rings is 3. The van der Waals surface area contributed by atoms with E-state index >= 15 is 0 Å². The van der Waals surface area contributed by atoms with Gasteiger partial charge in [-0.2, -0.15) is 0 Å². The monoisotopic (exact) mass is 470 g/mol. The molecule has 0 saturated carbocycles. The van der Waals surface area contributed by atoms with E-state index in [-0.39, 0.29) is 16.8 Å². The van der Waals surface area contributed by atoms with Crippen LogP contribution in [-0.4, -0.2) is 28.0 Å². The van der Waals surface area contributed by atoms with E-state index in [9.17, 15) is 13.2 Å². The first kappa shape index (κ1) is 22.2. The number of carbonyl (C=O) groups excluding carboxylic acids is 1. The number of hydrogen-bond donors (Lipinski definition) is 1. The van der Waals surface area contributed by atoms with Gasteiger partial charge in [-0.25, -0.2) is 8.42 Å². The molecular formula is C24H23ClN2O4S. The van der Waals surface area contributed by atoms with Crippen LogP contribution in [0.5, 0.6) is 5.75 Å². The molecule has 0 aliphatic carbocycles. The molecule has 32 heavy (non-hydrogen) atoms. The van der Waals surface area contributed by atoms with Crippen molar-refractivity contribution in [3.05, 3.63) is 88.4 Å². The summed E-state index contributed by atoms with van der Waals surface area (Å²) in [5.74, 6) is 0.541. The van der Waals surface area contributed by atoms with Crippen molar-refractivity contribution in [1.29, 1.82) is 0 Å². The molecule has 1 atom stereocenters. The number of anilines is 1. The van der Waals surface area contributed by atoms with Gasteiger partial charge in [0.25, 0.3) is 15.9 Å². The highest BCUT2D eigenvalue weighted by molar-refractivity contribution is 7.92. The minimum atomic E-state index is -3.70. The number of rotatable bonds is 6. The quantitative estimate of drug-likeness (QED) is 0.571. The Labute approximate surface area is 192 Å². The number of fused-ring (bicyclic) bond motifs is 1. The molecule has 0 bridgehead atoms. The highest BCUT2D eigenvalue weighted by atomic mass is 35.5. The van der Waals surface area contributed by atoms with Gasteiger partial charge in [-0.3, -0.25) is 9.10 Å². The average molecular weight is 471 g/mol. The van der Waals surface area contributed by atoms with Gasteiger partial charge in [0.2, 0.25) is 0 Å². The van der Waals surface area contributed by atoms with Crippen LogP contribution in [0, 0.1) is 0 Å². The van der Waals surface area contributed by atoms with E-state index in [0.29, 0.717) is 29.2 Å². The minimum Gasteiger partial charge on any atom is -0.497 e. The molecule has 1 aliphatic rings. The summed E-state index contributed by atoms with van der Waals surface area (Å²) in [6.07, 6.45) is 0.539. The van der Waals surface area contributed by atoms with E-state index in [4.69, 9.17) is 16.3 Å². The molecule has 3 aromatic carbocycles. The van der Waals surface area contributed by atoms with Crippen molar-refractivity contribution in [2.75, 3.05) is 18.0 Å². The zero-order chi connectivity index (χ0) is 22.9. The Kier molecular flexibility index (Phi) is 6.13. The summed E-state index contributed by atoms with van der Waals surface area (Å²) in [7, 11) is -2.09. The van der Waals surface area contributed by atoms with Gasteiger partial charge >= 0.3 is 0 Å². The van der Waals surface area contributed by atoms with Gasteiger partial charge in [0.15, 0.2) is 0 Å². The van der Waals surface area contributed by atoms with Crippen molar-refractivity contribution < 1.29 is 17.9 Å². The summed E-state index contributed by atoms with van der Waals surface area (Å²) < 4.78 is 32.7.